The first-order valence-corrected chi connectivity index (χ1v) is 11.5. The smallest absolute Gasteiger partial charge is 0.338 e. The zero-order chi connectivity index (χ0) is 26.5. The molecule has 10 heteroatoms. The summed E-state index contributed by atoms with van der Waals surface area (Å²) >= 11 is 0. The fourth-order valence-corrected chi connectivity index (χ4v) is 2.91. The van der Waals surface area contributed by atoms with Gasteiger partial charge in [-0.3, -0.25) is 14.4 Å². The van der Waals surface area contributed by atoms with Gasteiger partial charge in [0.25, 0.3) is 5.91 Å². The standard InChI is InChI=1S/C26H30N2O8/c1-4-34-25(32)18-8-12-21(13-9-18)28-23(30)16-35-24(31)7-5-6-22(29)27-20-14-10-19(11-15-20)26(33)36-17(2)3/h8-15,17H,4-7,16H2,1-3H3,(H,27,29)(H,28,30). The molecule has 2 rings (SSSR count). The van der Waals surface area contributed by atoms with Gasteiger partial charge in [-0.15, -0.1) is 0 Å². The summed E-state index contributed by atoms with van der Waals surface area (Å²) in [5.74, 6) is -2.35. The summed E-state index contributed by atoms with van der Waals surface area (Å²) in [7, 11) is 0. The fourth-order valence-electron chi connectivity index (χ4n) is 2.91. The minimum Gasteiger partial charge on any atom is -0.462 e. The molecule has 2 aromatic carbocycles. The van der Waals surface area contributed by atoms with Crippen LogP contribution in [0.3, 0.4) is 0 Å². The zero-order valence-electron chi connectivity index (χ0n) is 20.5. The lowest BCUT2D eigenvalue weighted by Crippen LogP contribution is -2.21. The molecule has 0 aliphatic rings. The molecule has 0 atom stereocenters. The van der Waals surface area contributed by atoms with Gasteiger partial charge >= 0.3 is 17.9 Å². The lowest BCUT2D eigenvalue weighted by atomic mass is 10.2. The molecule has 36 heavy (non-hydrogen) atoms. The van der Waals surface area contributed by atoms with Crippen molar-refractivity contribution in [1.82, 2.24) is 0 Å². The molecule has 192 valence electrons. The highest BCUT2D eigenvalue weighted by atomic mass is 16.5. The van der Waals surface area contributed by atoms with Gasteiger partial charge in [0.15, 0.2) is 6.61 Å². The van der Waals surface area contributed by atoms with Gasteiger partial charge in [0, 0.05) is 24.2 Å². The van der Waals surface area contributed by atoms with Crippen molar-refractivity contribution in [3.63, 3.8) is 0 Å². The topological polar surface area (TPSA) is 137 Å². The molecule has 10 nitrogen and oxygen atoms in total. The van der Waals surface area contributed by atoms with Gasteiger partial charge in [-0.1, -0.05) is 0 Å². The van der Waals surface area contributed by atoms with Crippen molar-refractivity contribution in [1.29, 1.82) is 0 Å². The minimum absolute atomic E-state index is 0.0328. The van der Waals surface area contributed by atoms with E-state index in [-0.39, 0.29) is 37.9 Å². The Morgan fingerprint density at radius 2 is 1.25 bits per heavy atom. The Morgan fingerprint density at radius 3 is 1.78 bits per heavy atom. The molecule has 2 aromatic rings. The van der Waals surface area contributed by atoms with Crippen molar-refractivity contribution in [2.45, 2.75) is 46.1 Å². The first kappa shape index (κ1) is 28.0. The molecule has 0 saturated heterocycles. The zero-order valence-corrected chi connectivity index (χ0v) is 20.5. The van der Waals surface area contributed by atoms with E-state index in [4.69, 9.17) is 14.2 Å². The highest BCUT2D eigenvalue weighted by Crippen LogP contribution is 2.13. The number of esters is 3. The van der Waals surface area contributed by atoms with Gasteiger partial charge in [-0.2, -0.15) is 0 Å². The summed E-state index contributed by atoms with van der Waals surface area (Å²) in [4.78, 5) is 59.4. The van der Waals surface area contributed by atoms with Crippen LogP contribution in [0.4, 0.5) is 11.4 Å². The lowest BCUT2D eigenvalue weighted by molar-refractivity contribution is -0.147. The number of hydrogen-bond acceptors (Lipinski definition) is 8. The van der Waals surface area contributed by atoms with Gasteiger partial charge in [-0.25, -0.2) is 9.59 Å². The van der Waals surface area contributed by atoms with E-state index in [1.54, 1.807) is 45.0 Å². The summed E-state index contributed by atoms with van der Waals surface area (Å²) in [6.45, 7) is 5.01. The van der Waals surface area contributed by atoms with Gasteiger partial charge in [0.1, 0.15) is 0 Å². The number of nitrogens with one attached hydrogen (secondary N) is 2. The number of ether oxygens (including phenoxy) is 3. The third-order valence-electron chi connectivity index (χ3n) is 4.58. The van der Waals surface area contributed by atoms with Crippen LogP contribution < -0.4 is 10.6 Å². The fraction of sp³-hybridized carbons (Fsp3) is 0.346. The summed E-state index contributed by atoms with van der Waals surface area (Å²) in [6.07, 6.45) is 0.0510. The third-order valence-corrected chi connectivity index (χ3v) is 4.58. The van der Waals surface area contributed by atoms with Crippen molar-refractivity contribution in [3.05, 3.63) is 59.7 Å². The van der Waals surface area contributed by atoms with Crippen LogP contribution in [0.5, 0.6) is 0 Å². The average molecular weight is 499 g/mol. The predicted octanol–water partition coefficient (Wildman–Crippen LogP) is 3.72. The van der Waals surface area contributed by atoms with E-state index >= 15 is 0 Å². The van der Waals surface area contributed by atoms with E-state index in [9.17, 15) is 24.0 Å². The molecule has 2 N–H and O–H groups in total. The van der Waals surface area contributed by atoms with E-state index in [1.165, 1.54) is 24.3 Å². The van der Waals surface area contributed by atoms with Crippen molar-refractivity contribution in [2.24, 2.45) is 0 Å². The Kier molecular flexibility index (Phi) is 11.1. The van der Waals surface area contributed by atoms with E-state index in [1.807, 2.05) is 0 Å². The second-order valence-electron chi connectivity index (χ2n) is 7.94. The van der Waals surface area contributed by atoms with Gasteiger partial charge in [-0.05, 0) is 75.7 Å². The summed E-state index contributed by atoms with van der Waals surface area (Å²) in [6, 6.07) is 12.4. The first-order chi connectivity index (χ1) is 17.2. The van der Waals surface area contributed by atoms with E-state index in [2.05, 4.69) is 10.6 Å². The number of rotatable bonds is 12. The molecule has 0 saturated carbocycles. The van der Waals surface area contributed by atoms with E-state index in [0.717, 1.165) is 0 Å². The van der Waals surface area contributed by atoms with Crippen LogP contribution in [0.15, 0.2) is 48.5 Å². The average Bonchev–Trinajstić information content (AvgIpc) is 2.83. The van der Waals surface area contributed by atoms with Crippen molar-refractivity contribution in [2.75, 3.05) is 23.8 Å². The molecule has 2 amide bonds. The van der Waals surface area contributed by atoms with Crippen LogP contribution in [0.25, 0.3) is 0 Å². The monoisotopic (exact) mass is 498 g/mol. The van der Waals surface area contributed by atoms with Crippen LogP contribution in [0.2, 0.25) is 0 Å². The van der Waals surface area contributed by atoms with Gasteiger partial charge in [0.05, 0.1) is 23.8 Å². The Morgan fingerprint density at radius 1 is 0.722 bits per heavy atom. The summed E-state index contributed by atoms with van der Waals surface area (Å²) < 4.78 is 14.9. The second kappa shape index (κ2) is 14.2. The Labute approximate surface area is 209 Å². The van der Waals surface area contributed by atoms with Crippen LogP contribution in [-0.2, 0) is 28.6 Å². The highest BCUT2D eigenvalue weighted by Gasteiger charge is 2.12. The summed E-state index contributed by atoms with van der Waals surface area (Å²) in [5.41, 5.74) is 1.68. The molecular formula is C26H30N2O8. The number of anilines is 2. The number of carbonyl (C=O) groups excluding carboxylic acids is 5. The maximum atomic E-state index is 12.1. The van der Waals surface area contributed by atoms with Crippen molar-refractivity contribution < 1.29 is 38.2 Å². The minimum atomic E-state index is -0.608. The Hall–Kier alpha value is -4.21. The molecule has 0 aromatic heterocycles. The predicted molar refractivity (Wildman–Crippen MR) is 131 cm³/mol. The molecule has 0 bridgehead atoms. The quantitative estimate of drug-likeness (QED) is 0.334. The highest BCUT2D eigenvalue weighted by molar-refractivity contribution is 5.95. The number of benzene rings is 2. The van der Waals surface area contributed by atoms with Crippen molar-refractivity contribution in [3.8, 4) is 0 Å². The maximum absolute atomic E-state index is 12.1. The summed E-state index contributed by atoms with van der Waals surface area (Å²) in [5, 5.41) is 5.24. The van der Waals surface area contributed by atoms with Crippen molar-refractivity contribution >= 4 is 41.1 Å². The largest absolute Gasteiger partial charge is 0.462 e. The Bertz CT molecular complexity index is 1060. The molecule has 0 fully saturated rings. The number of carbonyl (C=O) groups is 5. The normalized spacial score (nSPS) is 10.3. The molecule has 0 radical (unpaired) electrons. The van der Waals surface area contributed by atoms with Crippen LogP contribution in [-0.4, -0.2) is 49.0 Å². The van der Waals surface area contributed by atoms with Crippen LogP contribution >= 0.6 is 0 Å². The van der Waals surface area contributed by atoms with Crippen LogP contribution in [0.1, 0.15) is 60.7 Å². The maximum Gasteiger partial charge on any atom is 0.338 e. The van der Waals surface area contributed by atoms with Gasteiger partial charge < -0.3 is 24.8 Å². The number of hydrogen-bond donors (Lipinski definition) is 2. The number of amides is 2. The SMILES string of the molecule is CCOC(=O)c1ccc(NC(=O)COC(=O)CCCC(=O)Nc2ccc(C(=O)OC(C)C)cc2)cc1. The molecular weight excluding hydrogens is 468 g/mol. The lowest BCUT2D eigenvalue weighted by Gasteiger charge is -2.09. The Balaban J connectivity index is 1.65. The van der Waals surface area contributed by atoms with Gasteiger partial charge in [0.2, 0.25) is 5.91 Å². The van der Waals surface area contributed by atoms with E-state index < -0.39 is 30.4 Å². The molecule has 0 heterocycles. The molecule has 0 unspecified atom stereocenters. The molecule has 0 aliphatic carbocycles. The second-order valence-corrected chi connectivity index (χ2v) is 7.94. The molecule has 0 spiro atoms. The first-order valence-electron chi connectivity index (χ1n) is 11.5. The molecule has 0 aliphatic heterocycles. The van der Waals surface area contributed by atoms with Crippen LogP contribution in [0, 0.1) is 0 Å². The third kappa shape index (κ3) is 9.96. The van der Waals surface area contributed by atoms with E-state index in [0.29, 0.717) is 22.5 Å².